The number of nitrogens with one attached hydrogen (secondary N) is 1. The van der Waals surface area contributed by atoms with E-state index in [0.29, 0.717) is 17.5 Å². The van der Waals surface area contributed by atoms with Crippen LogP contribution in [0.2, 0.25) is 0 Å². The van der Waals surface area contributed by atoms with E-state index in [4.69, 9.17) is 0 Å². The number of non-ortho nitro benzene ring substituents is 1. The van der Waals surface area contributed by atoms with E-state index in [1.165, 1.54) is 25.0 Å². The van der Waals surface area contributed by atoms with Crippen LogP contribution in [0.25, 0.3) is 0 Å². The molecule has 0 saturated heterocycles. The summed E-state index contributed by atoms with van der Waals surface area (Å²) in [7, 11) is 0. The summed E-state index contributed by atoms with van der Waals surface area (Å²) >= 11 is 0. The molecule has 0 aliphatic heterocycles. The van der Waals surface area contributed by atoms with Crippen molar-refractivity contribution in [3.8, 4) is 0 Å². The lowest BCUT2D eigenvalue weighted by atomic mass is 10.1. The van der Waals surface area contributed by atoms with Gasteiger partial charge in [-0.2, -0.15) is 0 Å². The Morgan fingerprint density at radius 3 is 3.00 bits per heavy atom. The second-order valence-electron chi connectivity index (χ2n) is 5.78. The van der Waals surface area contributed by atoms with Crippen LogP contribution in [0.5, 0.6) is 0 Å². The zero-order valence-corrected chi connectivity index (χ0v) is 11.7. The number of nitrogens with zero attached hydrogens (tertiary/aromatic N) is 1. The van der Waals surface area contributed by atoms with Crippen molar-refractivity contribution in [1.82, 2.24) is 0 Å². The van der Waals surface area contributed by atoms with Gasteiger partial charge >= 0.3 is 0 Å². The molecule has 1 amide bonds. The largest absolute Gasteiger partial charge is 0.326 e. The van der Waals surface area contributed by atoms with Crippen LogP contribution >= 0.6 is 0 Å². The molecule has 2 aliphatic carbocycles. The topological polar surface area (TPSA) is 72.2 Å². The summed E-state index contributed by atoms with van der Waals surface area (Å²) in [4.78, 5) is 22.6. The van der Waals surface area contributed by atoms with Crippen LogP contribution in [0.15, 0.2) is 36.4 Å². The van der Waals surface area contributed by atoms with E-state index in [-0.39, 0.29) is 17.5 Å². The highest BCUT2D eigenvalue weighted by Gasteiger charge is 2.52. The number of allylic oxidation sites excluding steroid dienone is 2. The Bertz CT molecular complexity index is 597. The van der Waals surface area contributed by atoms with E-state index in [9.17, 15) is 14.9 Å². The Balaban J connectivity index is 1.67. The van der Waals surface area contributed by atoms with Crippen LogP contribution in [-0.4, -0.2) is 10.8 Å². The first-order valence-corrected chi connectivity index (χ1v) is 7.39. The predicted molar refractivity (Wildman–Crippen MR) is 79.8 cm³/mol. The molecule has 1 saturated carbocycles. The summed E-state index contributed by atoms with van der Waals surface area (Å²) in [5.74, 6) is 0.805. The first-order valence-electron chi connectivity index (χ1n) is 7.39. The van der Waals surface area contributed by atoms with Crippen LogP contribution in [0.3, 0.4) is 0 Å². The Kier molecular flexibility index (Phi) is 3.73. The number of hydrogen-bond donors (Lipinski definition) is 1. The third-order valence-electron chi connectivity index (χ3n) is 4.37. The molecule has 1 aromatic rings. The number of nitro benzene ring substituents is 1. The number of carbonyl (C=O) groups is 1. The minimum absolute atomic E-state index is 0.00508. The Morgan fingerprint density at radius 1 is 1.33 bits per heavy atom. The van der Waals surface area contributed by atoms with Gasteiger partial charge in [-0.3, -0.25) is 14.9 Å². The number of hydrogen-bond acceptors (Lipinski definition) is 3. The highest BCUT2D eigenvalue weighted by molar-refractivity contribution is 5.95. The minimum atomic E-state index is -0.455. The van der Waals surface area contributed by atoms with Crippen molar-refractivity contribution in [2.75, 3.05) is 5.32 Å². The monoisotopic (exact) mass is 286 g/mol. The zero-order valence-electron chi connectivity index (χ0n) is 11.7. The number of benzene rings is 1. The van der Waals surface area contributed by atoms with E-state index >= 15 is 0 Å². The standard InChI is InChI=1S/C16H18N2O3/c19-16(15-13-8-3-1-2-4-9-14(13)15)17-11-6-5-7-12(10-11)18(20)21/h3,5-8,10,13-15H,1-2,4,9H2,(H,17,19)/t13-,14+,15+/m1/s1. The maximum absolute atomic E-state index is 12.3. The van der Waals surface area contributed by atoms with Gasteiger partial charge in [-0.15, -0.1) is 0 Å². The van der Waals surface area contributed by atoms with Crippen molar-refractivity contribution >= 4 is 17.3 Å². The number of carbonyl (C=O) groups excluding carboxylic acids is 1. The van der Waals surface area contributed by atoms with E-state index in [1.54, 1.807) is 12.1 Å². The highest BCUT2D eigenvalue weighted by atomic mass is 16.6. The van der Waals surface area contributed by atoms with Crippen LogP contribution in [-0.2, 0) is 4.79 Å². The normalized spacial score (nSPS) is 27.1. The van der Waals surface area contributed by atoms with Crippen molar-refractivity contribution in [2.45, 2.75) is 25.7 Å². The molecule has 21 heavy (non-hydrogen) atoms. The third kappa shape index (κ3) is 2.96. The lowest BCUT2D eigenvalue weighted by Gasteiger charge is -2.04. The van der Waals surface area contributed by atoms with Crippen molar-refractivity contribution in [3.05, 3.63) is 46.5 Å². The smallest absolute Gasteiger partial charge is 0.271 e. The first-order chi connectivity index (χ1) is 10.2. The zero-order chi connectivity index (χ0) is 14.8. The summed E-state index contributed by atoms with van der Waals surface area (Å²) in [6.07, 6.45) is 8.91. The molecule has 3 rings (SSSR count). The number of anilines is 1. The molecule has 5 nitrogen and oxygen atoms in total. The number of rotatable bonds is 3. The molecule has 0 unspecified atom stereocenters. The Morgan fingerprint density at radius 2 is 2.19 bits per heavy atom. The average Bonchev–Trinajstić information content (AvgIpc) is 3.10. The molecule has 0 bridgehead atoms. The maximum Gasteiger partial charge on any atom is 0.271 e. The quantitative estimate of drug-likeness (QED) is 0.525. The molecule has 3 atom stereocenters. The predicted octanol–water partition coefficient (Wildman–Crippen LogP) is 3.53. The minimum Gasteiger partial charge on any atom is -0.326 e. The maximum atomic E-state index is 12.3. The van der Waals surface area contributed by atoms with Gasteiger partial charge in [0, 0.05) is 23.7 Å². The fourth-order valence-electron chi connectivity index (χ4n) is 3.22. The van der Waals surface area contributed by atoms with Gasteiger partial charge in [0.25, 0.3) is 5.69 Å². The summed E-state index contributed by atoms with van der Waals surface area (Å²) in [5, 5.41) is 13.6. The molecule has 5 heteroatoms. The van der Waals surface area contributed by atoms with Gasteiger partial charge < -0.3 is 5.32 Å². The van der Waals surface area contributed by atoms with Gasteiger partial charge in [0.05, 0.1) is 4.92 Å². The number of amides is 1. The molecule has 2 aliphatic rings. The molecule has 0 heterocycles. The lowest BCUT2D eigenvalue weighted by molar-refractivity contribution is -0.384. The molecule has 110 valence electrons. The van der Waals surface area contributed by atoms with Gasteiger partial charge in [0.15, 0.2) is 0 Å². The van der Waals surface area contributed by atoms with E-state index in [0.717, 1.165) is 12.8 Å². The molecule has 1 N–H and O–H groups in total. The van der Waals surface area contributed by atoms with Crippen molar-refractivity contribution in [2.24, 2.45) is 17.8 Å². The van der Waals surface area contributed by atoms with Crippen LogP contribution in [0.1, 0.15) is 25.7 Å². The van der Waals surface area contributed by atoms with Crippen LogP contribution in [0.4, 0.5) is 11.4 Å². The molecular formula is C16H18N2O3. The summed E-state index contributed by atoms with van der Waals surface area (Å²) in [6, 6.07) is 6.09. The number of nitro groups is 1. The second kappa shape index (κ2) is 5.68. The SMILES string of the molecule is O=C(Nc1cccc([N+](=O)[O-])c1)[C@H]1[C@@H]2C=CCCCC[C@@H]21. The third-order valence-corrected chi connectivity index (χ3v) is 4.37. The number of fused-ring (bicyclic) bond motifs is 1. The lowest BCUT2D eigenvalue weighted by Crippen LogP contribution is -2.15. The average molecular weight is 286 g/mol. The fourth-order valence-corrected chi connectivity index (χ4v) is 3.22. The molecule has 0 aromatic heterocycles. The van der Waals surface area contributed by atoms with Crippen molar-refractivity contribution in [3.63, 3.8) is 0 Å². The van der Waals surface area contributed by atoms with Crippen LogP contribution < -0.4 is 5.32 Å². The molecule has 1 aromatic carbocycles. The Hall–Kier alpha value is -2.17. The van der Waals surface area contributed by atoms with Gasteiger partial charge in [-0.1, -0.05) is 24.6 Å². The first kappa shape index (κ1) is 13.8. The summed E-state index contributed by atoms with van der Waals surface area (Å²) in [6.45, 7) is 0. The molecule has 0 spiro atoms. The van der Waals surface area contributed by atoms with Gasteiger partial charge in [-0.25, -0.2) is 0 Å². The van der Waals surface area contributed by atoms with Crippen LogP contribution in [0, 0.1) is 27.9 Å². The van der Waals surface area contributed by atoms with E-state index in [2.05, 4.69) is 17.5 Å². The molecule has 1 fully saturated rings. The Labute approximate surface area is 123 Å². The van der Waals surface area contributed by atoms with E-state index in [1.807, 2.05) is 0 Å². The van der Waals surface area contributed by atoms with Gasteiger partial charge in [0.2, 0.25) is 5.91 Å². The highest BCUT2D eigenvalue weighted by Crippen LogP contribution is 2.51. The van der Waals surface area contributed by atoms with Crippen molar-refractivity contribution < 1.29 is 9.72 Å². The molecular weight excluding hydrogens is 268 g/mol. The van der Waals surface area contributed by atoms with Gasteiger partial charge in [-0.05, 0) is 37.2 Å². The summed E-state index contributed by atoms with van der Waals surface area (Å²) < 4.78 is 0. The molecule has 0 radical (unpaired) electrons. The van der Waals surface area contributed by atoms with Gasteiger partial charge in [0.1, 0.15) is 0 Å². The van der Waals surface area contributed by atoms with E-state index < -0.39 is 4.92 Å². The second-order valence-corrected chi connectivity index (χ2v) is 5.78. The summed E-state index contributed by atoms with van der Waals surface area (Å²) in [5.41, 5.74) is 0.493. The van der Waals surface area contributed by atoms with Crippen molar-refractivity contribution in [1.29, 1.82) is 0 Å². The fraction of sp³-hybridized carbons (Fsp3) is 0.438.